The van der Waals surface area contributed by atoms with Crippen molar-refractivity contribution in [3.05, 3.63) is 47.7 Å². The van der Waals surface area contributed by atoms with E-state index in [2.05, 4.69) is 0 Å². The number of esters is 2. The number of aliphatic hydroxyl groups excluding tert-OH is 5. The molecule has 2 aliphatic heterocycles. The summed E-state index contributed by atoms with van der Waals surface area (Å²) in [4.78, 5) is 25.1. The summed E-state index contributed by atoms with van der Waals surface area (Å²) >= 11 is 0. The molecule has 3 aliphatic rings. The van der Waals surface area contributed by atoms with Gasteiger partial charge in [0.2, 0.25) is 6.29 Å². The molecule has 1 aromatic carbocycles. The number of fused-ring (bicyclic) bond motifs is 1. The van der Waals surface area contributed by atoms with Crippen LogP contribution in [-0.4, -0.2) is 105 Å². The molecule has 1 saturated carbocycles. The van der Waals surface area contributed by atoms with E-state index in [1.165, 1.54) is 18.2 Å². The average Bonchev–Trinajstić information content (AvgIpc) is 3.18. The number of benzene rings is 1. The maximum atomic E-state index is 12.6. The fraction of sp³-hybridized carbons (Fsp3) is 0.538. The van der Waals surface area contributed by atoms with Crippen LogP contribution >= 0.6 is 0 Å². The molecule has 214 valence electrons. The Balaban J connectivity index is 1.54. The van der Waals surface area contributed by atoms with Gasteiger partial charge in [0.15, 0.2) is 6.29 Å². The van der Waals surface area contributed by atoms with Gasteiger partial charge in [-0.1, -0.05) is 19.1 Å². The van der Waals surface area contributed by atoms with Crippen LogP contribution in [-0.2, 0) is 33.3 Å². The summed E-state index contributed by atoms with van der Waals surface area (Å²) < 4.78 is 27.2. The predicted molar refractivity (Wildman–Crippen MR) is 129 cm³/mol. The Morgan fingerprint density at radius 1 is 1.00 bits per heavy atom. The van der Waals surface area contributed by atoms with Crippen molar-refractivity contribution in [1.29, 1.82) is 0 Å². The standard InChI is InChI=1S/C26H32O13/c1-11-17-18(20(31)23(11)38-16(29)8-5-12-3-6-13(28)7-4-12)14(24(34)35-2)10-36-25(17)39-26-22(33)21(32)19(30)15(9-27)37-26/h3-8,10-11,15,17-23,25-28,30-33H,9H2,1-2H3/b8-5+/t11-,15+,17+,18+,19+,20-,21-,22+,23+,25-,26-/m0/s1. The van der Waals surface area contributed by atoms with Crippen molar-refractivity contribution in [2.75, 3.05) is 13.7 Å². The normalized spacial score (nSPS) is 38.0. The van der Waals surface area contributed by atoms with Gasteiger partial charge in [0.1, 0.15) is 36.3 Å². The Hall–Kier alpha value is -3.04. The van der Waals surface area contributed by atoms with Crippen LogP contribution in [0.25, 0.3) is 6.08 Å². The lowest BCUT2D eigenvalue weighted by atomic mass is 9.82. The van der Waals surface area contributed by atoms with Crippen LogP contribution in [0.5, 0.6) is 5.75 Å². The molecule has 2 fully saturated rings. The molecule has 2 heterocycles. The van der Waals surface area contributed by atoms with Gasteiger partial charge in [0.25, 0.3) is 0 Å². The van der Waals surface area contributed by atoms with E-state index < -0.39 is 85.5 Å². The fourth-order valence-corrected chi connectivity index (χ4v) is 5.24. The molecule has 6 N–H and O–H groups in total. The lowest BCUT2D eigenvalue weighted by Gasteiger charge is -2.43. The van der Waals surface area contributed by atoms with Crippen molar-refractivity contribution in [2.24, 2.45) is 17.8 Å². The Bertz CT molecular complexity index is 1080. The number of phenolic OH excluding ortho intramolecular Hbond substituents is 1. The third kappa shape index (κ3) is 5.79. The van der Waals surface area contributed by atoms with Crippen molar-refractivity contribution >= 4 is 18.0 Å². The molecule has 4 rings (SSSR count). The van der Waals surface area contributed by atoms with E-state index in [9.17, 15) is 40.2 Å². The minimum absolute atomic E-state index is 0.0197. The predicted octanol–water partition coefficient (Wildman–Crippen LogP) is -1.21. The molecule has 0 radical (unpaired) electrons. The first-order chi connectivity index (χ1) is 18.6. The van der Waals surface area contributed by atoms with Crippen LogP contribution < -0.4 is 0 Å². The van der Waals surface area contributed by atoms with Gasteiger partial charge in [-0.25, -0.2) is 9.59 Å². The van der Waals surface area contributed by atoms with Gasteiger partial charge in [-0.15, -0.1) is 0 Å². The van der Waals surface area contributed by atoms with Crippen LogP contribution in [0.1, 0.15) is 12.5 Å². The number of carbonyl (C=O) groups is 2. The van der Waals surface area contributed by atoms with Crippen molar-refractivity contribution < 1.29 is 63.9 Å². The van der Waals surface area contributed by atoms with Gasteiger partial charge in [-0.3, -0.25) is 0 Å². The second kappa shape index (κ2) is 12.0. The van der Waals surface area contributed by atoms with Crippen molar-refractivity contribution in [1.82, 2.24) is 0 Å². The van der Waals surface area contributed by atoms with Gasteiger partial charge in [0, 0.05) is 23.8 Å². The molecule has 1 aliphatic carbocycles. The third-order valence-corrected chi connectivity index (χ3v) is 7.34. The van der Waals surface area contributed by atoms with Crippen molar-refractivity contribution in [2.45, 2.75) is 56.1 Å². The summed E-state index contributed by atoms with van der Waals surface area (Å²) in [6.45, 7) is 0.988. The zero-order valence-electron chi connectivity index (χ0n) is 21.1. The molecule has 13 heteroatoms. The highest BCUT2D eigenvalue weighted by atomic mass is 16.8. The number of aromatic hydroxyl groups is 1. The SMILES string of the molecule is COC(=O)C1=CO[C@@H](O[C@@H]2O[C@H](CO)[C@@H](O)[C@H](O)[C@H]2O)[C@@H]2[C@H](C)[C@@H](OC(=O)/C=C/c3ccc(O)cc3)[C@@H](O)[C@H]12. The molecule has 13 nitrogen and oxygen atoms in total. The van der Waals surface area contributed by atoms with E-state index in [1.54, 1.807) is 19.1 Å². The van der Waals surface area contributed by atoms with Gasteiger partial charge < -0.3 is 54.3 Å². The fourth-order valence-electron chi connectivity index (χ4n) is 5.24. The molecular weight excluding hydrogens is 520 g/mol. The molecule has 0 spiro atoms. The highest BCUT2D eigenvalue weighted by Crippen LogP contribution is 2.49. The smallest absolute Gasteiger partial charge is 0.337 e. The molecule has 0 aromatic heterocycles. The van der Waals surface area contributed by atoms with Crippen LogP contribution in [0.2, 0.25) is 0 Å². The van der Waals surface area contributed by atoms with Gasteiger partial charge in [-0.05, 0) is 23.8 Å². The van der Waals surface area contributed by atoms with E-state index in [0.29, 0.717) is 5.56 Å². The molecule has 39 heavy (non-hydrogen) atoms. The van der Waals surface area contributed by atoms with Crippen LogP contribution in [0.4, 0.5) is 0 Å². The average molecular weight is 553 g/mol. The number of ether oxygens (including phenoxy) is 5. The topological polar surface area (TPSA) is 202 Å². The highest BCUT2D eigenvalue weighted by molar-refractivity contribution is 5.89. The molecule has 0 bridgehead atoms. The van der Waals surface area contributed by atoms with E-state index in [-0.39, 0.29) is 11.3 Å². The number of rotatable bonds is 7. The molecule has 0 unspecified atom stereocenters. The summed E-state index contributed by atoms with van der Waals surface area (Å²) in [6, 6.07) is 6.09. The van der Waals surface area contributed by atoms with Crippen molar-refractivity contribution in [3.63, 3.8) is 0 Å². The summed E-state index contributed by atoms with van der Waals surface area (Å²) in [6.07, 6.45) is -7.83. The first kappa shape index (κ1) is 29.0. The van der Waals surface area contributed by atoms with Gasteiger partial charge in [-0.2, -0.15) is 0 Å². The lowest BCUT2D eigenvalue weighted by Crippen LogP contribution is -2.60. The third-order valence-electron chi connectivity index (χ3n) is 7.34. The van der Waals surface area contributed by atoms with Crippen LogP contribution in [0.15, 0.2) is 42.2 Å². The maximum absolute atomic E-state index is 12.6. The molecule has 1 saturated heterocycles. The second-order valence-corrected chi connectivity index (χ2v) is 9.68. The first-order valence-electron chi connectivity index (χ1n) is 12.3. The number of methoxy groups -OCH3 is 1. The van der Waals surface area contributed by atoms with E-state index in [4.69, 9.17) is 23.7 Å². The zero-order chi connectivity index (χ0) is 28.4. The Morgan fingerprint density at radius 2 is 1.69 bits per heavy atom. The highest BCUT2D eigenvalue weighted by Gasteiger charge is 2.59. The number of phenols is 1. The monoisotopic (exact) mass is 552 g/mol. The lowest BCUT2D eigenvalue weighted by molar-refractivity contribution is -0.343. The van der Waals surface area contributed by atoms with E-state index >= 15 is 0 Å². The minimum Gasteiger partial charge on any atom is -0.508 e. The molecule has 1 aromatic rings. The van der Waals surface area contributed by atoms with Crippen LogP contribution in [0.3, 0.4) is 0 Å². The quantitative estimate of drug-likeness (QED) is 0.174. The minimum atomic E-state index is -1.71. The summed E-state index contributed by atoms with van der Waals surface area (Å²) in [5.74, 6) is -3.91. The second-order valence-electron chi connectivity index (χ2n) is 9.68. The maximum Gasteiger partial charge on any atom is 0.337 e. The Morgan fingerprint density at radius 3 is 2.33 bits per heavy atom. The van der Waals surface area contributed by atoms with E-state index in [0.717, 1.165) is 19.4 Å². The molecule has 0 amide bonds. The van der Waals surface area contributed by atoms with Gasteiger partial charge in [0.05, 0.1) is 31.7 Å². The van der Waals surface area contributed by atoms with Crippen LogP contribution in [0, 0.1) is 17.8 Å². The van der Waals surface area contributed by atoms with E-state index in [1.807, 2.05) is 0 Å². The number of hydrogen-bond donors (Lipinski definition) is 6. The van der Waals surface area contributed by atoms with Crippen molar-refractivity contribution in [3.8, 4) is 5.75 Å². The molecular formula is C26H32O13. The summed E-state index contributed by atoms with van der Waals surface area (Å²) in [7, 11) is 1.16. The summed E-state index contributed by atoms with van der Waals surface area (Å²) in [5, 5.41) is 60.6. The Kier molecular flexibility index (Phi) is 8.91. The number of hydrogen-bond acceptors (Lipinski definition) is 13. The zero-order valence-corrected chi connectivity index (χ0v) is 21.1. The molecule has 11 atom stereocenters. The first-order valence-corrected chi connectivity index (χ1v) is 12.3. The summed E-state index contributed by atoms with van der Waals surface area (Å²) in [5.41, 5.74) is 0.601. The number of aliphatic hydroxyl groups is 5. The van der Waals surface area contributed by atoms with Gasteiger partial charge >= 0.3 is 11.9 Å². The largest absolute Gasteiger partial charge is 0.508 e. The Labute approximate surface area is 223 Å². The number of carbonyl (C=O) groups excluding carboxylic acids is 2.